The molecule has 0 bridgehead atoms. The first-order valence-corrected chi connectivity index (χ1v) is 5.06. The highest BCUT2D eigenvalue weighted by molar-refractivity contribution is 9.10. The van der Waals surface area contributed by atoms with Gasteiger partial charge in [-0.3, -0.25) is 0 Å². The third kappa shape index (κ3) is 2.16. The summed E-state index contributed by atoms with van der Waals surface area (Å²) in [5.74, 6) is -2.35. The van der Waals surface area contributed by atoms with Crippen molar-refractivity contribution in [3.8, 4) is 11.8 Å². The number of ether oxygens (including phenoxy) is 1. The zero-order chi connectivity index (χ0) is 11.5. The number of nitrogens with zero attached hydrogens (tertiary/aromatic N) is 2. The Hall–Kier alpha value is -1.56. The monoisotopic (exact) mass is 286 g/mol. The fourth-order valence-electron chi connectivity index (χ4n) is 1.02. The maximum absolute atomic E-state index is 13.4. The van der Waals surface area contributed by atoms with Gasteiger partial charge < -0.3 is 4.74 Å². The van der Waals surface area contributed by atoms with E-state index in [1.165, 1.54) is 24.5 Å². The van der Waals surface area contributed by atoms with Gasteiger partial charge in [-0.05, 0) is 34.1 Å². The van der Waals surface area contributed by atoms with Gasteiger partial charge >= 0.3 is 6.01 Å². The Morgan fingerprint density at radius 2 is 1.75 bits per heavy atom. The van der Waals surface area contributed by atoms with E-state index in [9.17, 15) is 8.78 Å². The highest BCUT2D eigenvalue weighted by atomic mass is 79.9. The number of rotatable bonds is 2. The Morgan fingerprint density at radius 1 is 1.06 bits per heavy atom. The molecule has 2 rings (SSSR count). The largest absolute Gasteiger partial charge is 0.421 e. The van der Waals surface area contributed by atoms with Crippen LogP contribution in [-0.2, 0) is 0 Å². The van der Waals surface area contributed by atoms with Crippen LogP contribution in [0, 0.1) is 11.6 Å². The smallest absolute Gasteiger partial charge is 0.321 e. The lowest BCUT2D eigenvalue weighted by molar-refractivity contribution is 0.392. The minimum Gasteiger partial charge on any atom is -0.421 e. The Kier molecular flexibility index (Phi) is 3.09. The second kappa shape index (κ2) is 4.52. The average molecular weight is 287 g/mol. The topological polar surface area (TPSA) is 35.0 Å². The summed E-state index contributed by atoms with van der Waals surface area (Å²) in [6.07, 6.45) is 2.88. The Balaban J connectivity index is 2.33. The molecule has 82 valence electrons. The molecule has 0 amide bonds. The van der Waals surface area contributed by atoms with Gasteiger partial charge in [0.2, 0.25) is 5.82 Å². The second-order valence-corrected chi connectivity index (χ2v) is 3.66. The third-order valence-corrected chi connectivity index (χ3v) is 2.36. The molecular weight excluding hydrogens is 282 g/mol. The number of halogens is 3. The molecule has 2 aromatic rings. The lowest BCUT2D eigenvalue weighted by Gasteiger charge is -2.05. The van der Waals surface area contributed by atoms with Crippen LogP contribution in [0.1, 0.15) is 0 Å². The van der Waals surface area contributed by atoms with Crippen molar-refractivity contribution < 1.29 is 13.5 Å². The van der Waals surface area contributed by atoms with E-state index in [0.29, 0.717) is 0 Å². The fraction of sp³-hybridized carbons (Fsp3) is 0. The zero-order valence-electron chi connectivity index (χ0n) is 7.82. The molecule has 0 unspecified atom stereocenters. The molecule has 1 aromatic heterocycles. The highest BCUT2D eigenvalue weighted by Gasteiger charge is 2.14. The first kappa shape index (κ1) is 10.9. The SMILES string of the molecule is Fc1c(Br)ccc(Oc2ncccn2)c1F. The van der Waals surface area contributed by atoms with Crippen LogP contribution < -0.4 is 4.74 Å². The molecule has 0 saturated carbocycles. The van der Waals surface area contributed by atoms with Crippen molar-refractivity contribution in [3.05, 3.63) is 46.7 Å². The lowest BCUT2D eigenvalue weighted by atomic mass is 10.3. The molecule has 0 radical (unpaired) electrons. The summed E-state index contributed by atoms with van der Waals surface area (Å²) in [5.41, 5.74) is 0. The van der Waals surface area contributed by atoms with Gasteiger partial charge in [-0.15, -0.1) is 0 Å². The normalized spacial score (nSPS) is 10.2. The van der Waals surface area contributed by atoms with Crippen molar-refractivity contribution in [2.75, 3.05) is 0 Å². The summed E-state index contributed by atoms with van der Waals surface area (Å²) in [6.45, 7) is 0. The molecule has 1 aromatic carbocycles. The molecule has 0 aliphatic carbocycles. The van der Waals surface area contributed by atoms with E-state index in [4.69, 9.17) is 4.74 Å². The number of hydrogen-bond donors (Lipinski definition) is 0. The van der Waals surface area contributed by atoms with Gasteiger partial charge in [0, 0.05) is 12.4 Å². The second-order valence-electron chi connectivity index (χ2n) is 2.81. The maximum Gasteiger partial charge on any atom is 0.321 e. The summed E-state index contributed by atoms with van der Waals surface area (Å²) in [6, 6.07) is 4.18. The molecule has 0 fully saturated rings. The Morgan fingerprint density at radius 3 is 2.44 bits per heavy atom. The summed E-state index contributed by atoms with van der Waals surface area (Å²) in [5, 5.41) is 0. The van der Waals surface area contributed by atoms with Crippen molar-refractivity contribution in [1.82, 2.24) is 9.97 Å². The minimum absolute atomic E-state index is 0.0336. The van der Waals surface area contributed by atoms with Gasteiger partial charge in [-0.1, -0.05) is 0 Å². The van der Waals surface area contributed by atoms with Crippen LogP contribution >= 0.6 is 15.9 Å². The van der Waals surface area contributed by atoms with Gasteiger partial charge in [0.05, 0.1) is 4.47 Å². The van der Waals surface area contributed by atoms with Crippen LogP contribution in [-0.4, -0.2) is 9.97 Å². The summed E-state index contributed by atoms with van der Waals surface area (Å²) in [4.78, 5) is 7.47. The Labute approximate surface area is 98.2 Å². The molecule has 16 heavy (non-hydrogen) atoms. The predicted octanol–water partition coefficient (Wildman–Crippen LogP) is 3.31. The molecule has 0 aliphatic rings. The summed E-state index contributed by atoms with van der Waals surface area (Å²) < 4.78 is 31.5. The van der Waals surface area contributed by atoms with E-state index in [-0.39, 0.29) is 16.2 Å². The fourth-order valence-corrected chi connectivity index (χ4v) is 1.33. The molecule has 0 spiro atoms. The molecule has 1 heterocycles. The van der Waals surface area contributed by atoms with E-state index >= 15 is 0 Å². The average Bonchev–Trinajstić information content (AvgIpc) is 2.31. The first-order chi connectivity index (χ1) is 7.68. The number of hydrogen-bond acceptors (Lipinski definition) is 3. The number of benzene rings is 1. The molecule has 0 aliphatic heterocycles. The van der Waals surface area contributed by atoms with Crippen LogP contribution in [0.15, 0.2) is 35.1 Å². The van der Waals surface area contributed by atoms with Crippen molar-refractivity contribution >= 4 is 15.9 Å². The van der Waals surface area contributed by atoms with Crippen molar-refractivity contribution in [2.24, 2.45) is 0 Å². The highest BCUT2D eigenvalue weighted by Crippen LogP contribution is 2.28. The van der Waals surface area contributed by atoms with Crippen LogP contribution in [0.5, 0.6) is 11.8 Å². The third-order valence-electron chi connectivity index (χ3n) is 1.74. The first-order valence-electron chi connectivity index (χ1n) is 4.27. The van der Waals surface area contributed by atoms with Crippen molar-refractivity contribution in [1.29, 1.82) is 0 Å². The van der Waals surface area contributed by atoms with Gasteiger partial charge in [0.1, 0.15) is 0 Å². The van der Waals surface area contributed by atoms with Gasteiger partial charge in [0.25, 0.3) is 0 Å². The van der Waals surface area contributed by atoms with Crippen LogP contribution in [0.25, 0.3) is 0 Å². The zero-order valence-corrected chi connectivity index (χ0v) is 9.41. The minimum atomic E-state index is -1.08. The molecule has 3 nitrogen and oxygen atoms in total. The van der Waals surface area contributed by atoms with Gasteiger partial charge in [-0.25, -0.2) is 14.4 Å². The molecule has 0 atom stereocenters. The van der Waals surface area contributed by atoms with Crippen LogP contribution in [0.3, 0.4) is 0 Å². The van der Waals surface area contributed by atoms with E-state index in [2.05, 4.69) is 25.9 Å². The van der Waals surface area contributed by atoms with E-state index in [1.54, 1.807) is 6.07 Å². The predicted molar refractivity (Wildman–Crippen MR) is 56.2 cm³/mol. The number of aromatic nitrogens is 2. The van der Waals surface area contributed by atoms with Crippen molar-refractivity contribution in [3.63, 3.8) is 0 Å². The van der Waals surface area contributed by atoms with E-state index in [0.717, 1.165) is 0 Å². The molecule has 0 saturated heterocycles. The van der Waals surface area contributed by atoms with E-state index < -0.39 is 11.6 Å². The van der Waals surface area contributed by atoms with Crippen molar-refractivity contribution in [2.45, 2.75) is 0 Å². The summed E-state index contributed by atoms with van der Waals surface area (Å²) >= 11 is 2.86. The summed E-state index contributed by atoms with van der Waals surface area (Å²) in [7, 11) is 0. The maximum atomic E-state index is 13.4. The lowest BCUT2D eigenvalue weighted by Crippen LogP contribution is -1.95. The van der Waals surface area contributed by atoms with Gasteiger partial charge in [-0.2, -0.15) is 4.39 Å². The van der Waals surface area contributed by atoms with Crippen LogP contribution in [0.4, 0.5) is 8.78 Å². The molecule has 0 N–H and O–H groups in total. The molecular formula is C10H5BrF2N2O. The molecule has 6 heteroatoms. The Bertz CT molecular complexity index is 508. The van der Waals surface area contributed by atoms with Crippen LogP contribution in [0.2, 0.25) is 0 Å². The standard InChI is InChI=1S/C10H5BrF2N2O/c11-6-2-3-7(9(13)8(6)12)16-10-14-4-1-5-15-10/h1-5H. The quantitative estimate of drug-likeness (QED) is 0.795. The van der Waals surface area contributed by atoms with Gasteiger partial charge in [0.15, 0.2) is 11.6 Å². The van der Waals surface area contributed by atoms with E-state index in [1.807, 2.05) is 0 Å².